The summed E-state index contributed by atoms with van der Waals surface area (Å²) in [6, 6.07) is 13.8. The van der Waals surface area contributed by atoms with Crippen molar-refractivity contribution in [2.75, 3.05) is 7.11 Å². The third-order valence-electron chi connectivity index (χ3n) is 5.46. The molecule has 0 aliphatic heterocycles. The first-order valence-corrected chi connectivity index (χ1v) is 10.7. The zero-order chi connectivity index (χ0) is 22.1. The summed E-state index contributed by atoms with van der Waals surface area (Å²) in [5.41, 5.74) is 1.37. The molecule has 7 heteroatoms. The number of nitrogens with zero attached hydrogens (tertiary/aromatic N) is 2. The highest BCUT2D eigenvalue weighted by atomic mass is 32.2. The number of rotatable bonds is 5. The predicted molar refractivity (Wildman–Crippen MR) is 117 cm³/mol. The lowest BCUT2D eigenvalue weighted by Crippen LogP contribution is -2.35. The van der Waals surface area contributed by atoms with Crippen LogP contribution in [-0.2, 0) is 10.5 Å². The van der Waals surface area contributed by atoms with Crippen LogP contribution in [0.3, 0.4) is 0 Å². The molecule has 0 saturated carbocycles. The molecule has 0 spiro atoms. The lowest BCUT2D eigenvalue weighted by atomic mass is 9.79. The number of hydrogen-bond donors (Lipinski definition) is 0. The highest BCUT2D eigenvalue weighted by Crippen LogP contribution is 2.48. The average molecular weight is 443 g/mol. The van der Waals surface area contributed by atoms with Gasteiger partial charge in [-0.15, -0.1) is 11.8 Å². The first-order chi connectivity index (χ1) is 14.8. The van der Waals surface area contributed by atoms with E-state index in [0.717, 1.165) is 27.2 Å². The molecule has 2 heterocycles. The maximum atomic E-state index is 13.5. The summed E-state index contributed by atoms with van der Waals surface area (Å²) in [5, 5.41) is 1.61. The number of thioether (sulfide) groups is 1. The van der Waals surface area contributed by atoms with Gasteiger partial charge in [-0.2, -0.15) is 13.2 Å². The van der Waals surface area contributed by atoms with E-state index in [1.54, 1.807) is 30.2 Å². The van der Waals surface area contributed by atoms with Gasteiger partial charge in [0.05, 0.1) is 23.1 Å². The second-order valence-electron chi connectivity index (χ2n) is 7.64. The highest BCUT2D eigenvalue weighted by Gasteiger charge is 2.51. The third kappa shape index (κ3) is 4.32. The van der Waals surface area contributed by atoms with Gasteiger partial charge in [-0.1, -0.05) is 42.5 Å². The van der Waals surface area contributed by atoms with Crippen molar-refractivity contribution < 1.29 is 17.9 Å². The van der Waals surface area contributed by atoms with E-state index < -0.39 is 11.6 Å². The van der Waals surface area contributed by atoms with Crippen LogP contribution in [0.1, 0.15) is 24.5 Å². The fourth-order valence-corrected chi connectivity index (χ4v) is 4.36. The number of ether oxygens (including phenoxy) is 1. The molecule has 0 saturated heterocycles. The van der Waals surface area contributed by atoms with Crippen LogP contribution in [0.15, 0.2) is 77.8 Å². The van der Waals surface area contributed by atoms with Gasteiger partial charge in [0.25, 0.3) is 0 Å². The van der Waals surface area contributed by atoms with Gasteiger partial charge in [0.1, 0.15) is 5.76 Å². The standard InChI is InChI=1S/C24H21F3N2OS/c1-23(24(25,26)27)10-8-18(21(13-23)30-2)17-9-11-28-20-12-22(29-14-19(17)20)31-15-16-6-4-3-5-7-16/h3-12,14H,13,15H2,1-2H3. The lowest BCUT2D eigenvalue weighted by molar-refractivity contribution is -0.201. The van der Waals surface area contributed by atoms with Crippen molar-refractivity contribution >= 4 is 28.2 Å². The van der Waals surface area contributed by atoms with Crippen LogP contribution >= 0.6 is 11.8 Å². The minimum absolute atomic E-state index is 0.249. The van der Waals surface area contributed by atoms with Gasteiger partial charge in [-0.05, 0) is 30.2 Å². The summed E-state index contributed by atoms with van der Waals surface area (Å²) in [7, 11) is 1.41. The first-order valence-electron chi connectivity index (χ1n) is 9.76. The number of alkyl halides is 3. The van der Waals surface area contributed by atoms with E-state index >= 15 is 0 Å². The minimum Gasteiger partial charge on any atom is -0.500 e. The van der Waals surface area contributed by atoms with Gasteiger partial charge in [-0.25, -0.2) is 4.98 Å². The molecular weight excluding hydrogens is 421 g/mol. The summed E-state index contributed by atoms with van der Waals surface area (Å²) in [6.45, 7) is 1.18. The Morgan fingerprint density at radius 2 is 1.90 bits per heavy atom. The monoisotopic (exact) mass is 442 g/mol. The molecule has 1 atom stereocenters. The van der Waals surface area contributed by atoms with E-state index in [4.69, 9.17) is 4.74 Å². The number of hydrogen-bond acceptors (Lipinski definition) is 4. The maximum absolute atomic E-state index is 13.5. The molecule has 0 fully saturated rings. The van der Waals surface area contributed by atoms with Gasteiger partial charge < -0.3 is 4.74 Å². The summed E-state index contributed by atoms with van der Waals surface area (Å²) in [6.07, 6.45) is 1.51. The number of fused-ring (bicyclic) bond motifs is 1. The molecule has 1 aliphatic rings. The minimum atomic E-state index is -4.36. The number of aromatic nitrogens is 2. The predicted octanol–water partition coefficient (Wildman–Crippen LogP) is 6.81. The van der Waals surface area contributed by atoms with Gasteiger partial charge in [0, 0.05) is 35.5 Å². The molecule has 4 rings (SSSR count). The van der Waals surface area contributed by atoms with E-state index in [2.05, 4.69) is 22.1 Å². The van der Waals surface area contributed by atoms with Gasteiger partial charge >= 0.3 is 6.18 Å². The van der Waals surface area contributed by atoms with Crippen molar-refractivity contribution in [3.63, 3.8) is 0 Å². The molecule has 160 valence electrons. The molecule has 0 radical (unpaired) electrons. The Bertz CT molecular complexity index is 1160. The van der Waals surface area contributed by atoms with Gasteiger partial charge in [0.2, 0.25) is 0 Å². The van der Waals surface area contributed by atoms with Crippen molar-refractivity contribution in [3.05, 3.63) is 83.9 Å². The zero-order valence-corrected chi connectivity index (χ0v) is 17.9. The maximum Gasteiger partial charge on any atom is 0.398 e. The van der Waals surface area contributed by atoms with Crippen LogP contribution in [0.5, 0.6) is 0 Å². The van der Waals surface area contributed by atoms with Crippen LogP contribution in [0.25, 0.3) is 16.5 Å². The number of pyridine rings is 2. The Morgan fingerprint density at radius 3 is 2.61 bits per heavy atom. The molecule has 1 unspecified atom stereocenters. The largest absolute Gasteiger partial charge is 0.500 e. The normalized spacial score (nSPS) is 19.1. The fraction of sp³-hybridized carbons (Fsp3) is 0.250. The quantitative estimate of drug-likeness (QED) is 0.407. The van der Waals surface area contributed by atoms with E-state index in [-0.39, 0.29) is 6.42 Å². The molecule has 3 nitrogen and oxygen atoms in total. The Balaban J connectivity index is 1.66. The Morgan fingerprint density at radius 1 is 1.13 bits per heavy atom. The molecule has 0 N–H and O–H groups in total. The Hall–Kier alpha value is -2.80. The smallest absolute Gasteiger partial charge is 0.398 e. The summed E-state index contributed by atoms with van der Waals surface area (Å²) >= 11 is 1.61. The van der Waals surface area contributed by atoms with E-state index in [9.17, 15) is 13.2 Å². The van der Waals surface area contributed by atoms with Crippen molar-refractivity contribution in [2.24, 2.45) is 5.41 Å². The van der Waals surface area contributed by atoms with Gasteiger partial charge in [-0.3, -0.25) is 4.98 Å². The number of allylic oxidation sites excluding steroid dienone is 4. The second-order valence-corrected chi connectivity index (χ2v) is 8.63. The molecule has 0 amide bonds. The Labute approximate surface area is 183 Å². The number of methoxy groups -OCH3 is 1. The Kier molecular flexibility index (Phi) is 5.79. The topological polar surface area (TPSA) is 35.0 Å². The molecule has 2 aromatic heterocycles. The second kappa shape index (κ2) is 8.38. The van der Waals surface area contributed by atoms with Crippen molar-refractivity contribution in [3.8, 4) is 0 Å². The molecule has 1 aromatic carbocycles. The third-order valence-corrected chi connectivity index (χ3v) is 6.46. The summed E-state index contributed by atoms with van der Waals surface area (Å²) in [4.78, 5) is 9.00. The molecular formula is C24H21F3N2OS. The van der Waals surface area contributed by atoms with Crippen LogP contribution in [0.2, 0.25) is 0 Å². The first kappa shape index (κ1) is 21.4. The average Bonchev–Trinajstić information content (AvgIpc) is 2.77. The molecule has 3 aromatic rings. The number of benzene rings is 1. The van der Waals surface area contributed by atoms with Crippen LogP contribution < -0.4 is 0 Å². The van der Waals surface area contributed by atoms with Crippen LogP contribution in [0.4, 0.5) is 13.2 Å². The highest BCUT2D eigenvalue weighted by molar-refractivity contribution is 7.98. The summed E-state index contributed by atoms with van der Waals surface area (Å²) in [5.74, 6) is 1.09. The van der Waals surface area contributed by atoms with E-state index in [1.165, 1.54) is 31.7 Å². The lowest BCUT2D eigenvalue weighted by Gasteiger charge is -2.33. The fourth-order valence-electron chi connectivity index (χ4n) is 3.53. The number of halogens is 3. The SMILES string of the molecule is COC1=C(c2ccnc3cc(SCc4ccccc4)ncc23)C=CC(C)(C(F)(F)F)C1. The van der Waals surface area contributed by atoms with E-state index in [1.807, 2.05) is 24.3 Å². The zero-order valence-electron chi connectivity index (χ0n) is 17.1. The van der Waals surface area contributed by atoms with Gasteiger partial charge in [0.15, 0.2) is 0 Å². The van der Waals surface area contributed by atoms with Crippen molar-refractivity contribution in [1.29, 1.82) is 0 Å². The van der Waals surface area contributed by atoms with Crippen molar-refractivity contribution in [2.45, 2.75) is 30.3 Å². The molecule has 31 heavy (non-hydrogen) atoms. The molecule has 1 aliphatic carbocycles. The molecule has 0 bridgehead atoms. The summed E-state index contributed by atoms with van der Waals surface area (Å²) < 4.78 is 45.9. The van der Waals surface area contributed by atoms with Crippen molar-refractivity contribution in [1.82, 2.24) is 9.97 Å². The van der Waals surface area contributed by atoms with Crippen LogP contribution in [0, 0.1) is 5.41 Å². The van der Waals surface area contributed by atoms with E-state index in [0.29, 0.717) is 11.3 Å². The van der Waals surface area contributed by atoms with Crippen LogP contribution in [-0.4, -0.2) is 23.3 Å².